The van der Waals surface area contributed by atoms with Gasteiger partial charge in [-0.1, -0.05) is 53.9 Å². The SMILES string of the molecule is CCC(C(=O)NC)N(Cc1ccc(Cl)cc1Cl)C(=O)COc1cccc(Cl)c1. The molecular formula is C20H21Cl3N2O3. The van der Waals surface area contributed by atoms with Crippen LogP contribution in [0.4, 0.5) is 0 Å². The van der Waals surface area contributed by atoms with Crippen LogP contribution in [0.2, 0.25) is 15.1 Å². The summed E-state index contributed by atoms with van der Waals surface area (Å²) in [6.07, 6.45) is 0.438. The largest absolute Gasteiger partial charge is 0.484 e. The Kier molecular flexibility index (Phi) is 8.42. The van der Waals surface area contributed by atoms with Gasteiger partial charge in [-0.3, -0.25) is 9.59 Å². The molecule has 5 nitrogen and oxygen atoms in total. The van der Waals surface area contributed by atoms with Crippen LogP contribution in [0, 0.1) is 0 Å². The maximum absolute atomic E-state index is 12.9. The molecule has 0 aliphatic carbocycles. The lowest BCUT2D eigenvalue weighted by atomic mass is 10.1. The Morgan fingerprint density at radius 1 is 1.11 bits per heavy atom. The van der Waals surface area contributed by atoms with Crippen molar-refractivity contribution < 1.29 is 14.3 Å². The van der Waals surface area contributed by atoms with Crippen molar-refractivity contribution in [3.63, 3.8) is 0 Å². The minimum Gasteiger partial charge on any atom is -0.484 e. The summed E-state index contributed by atoms with van der Waals surface area (Å²) in [6, 6.07) is 11.1. The van der Waals surface area contributed by atoms with Crippen molar-refractivity contribution in [2.45, 2.75) is 25.9 Å². The van der Waals surface area contributed by atoms with Gasteiger partial charge in [0.1, 0.15) is 11.8 Å². The average molecular weight is 444 g/mol. The Morgan fingerprint density at radius 3 is 2.43 bits per heavy atom. The molecular weight excluding hydrogens is 423 g/mol. The van der Waals surface area contributed by atoms with Gasteiger partial charge in [0, 0.05) is 28.7 Å². The van der Waals surface area contributed by atoms with Crippen LogP contribution in [-0.4, -0.2) is 36.4 Å². The van der Waals surface area contributed by atoms with Crippen LogP contribution in [0.15, 0.2) is 42.5 Å². The van der Waals surface area contributed by atoms with E-state index in [0.717, 1.165) is 0 Å². The number of carbonyl (C=O) groups is 2. The van der Waals surface area contributed by atoms with Gasteiger partial charge in [-0.2, -0.15) is 0 Å². The fraction of sp³-hybridized carbons (Fsp3) is 0.300. The Balaban J connectivity index is 2.23. The molecule has 2 rings (SSSR count). The summed E-state index contributed by atoms with van der Waals surface area (Å²) in [6.45, 7) is 1.75. The lowest BCUT2D eigenvalue weighted by Gasteiger charge is -2.30. The first-order chi connectivity index (χ1) is 13.3. The Labute approximate surface area is 179 Å². The van der Waals surface area contributed by atoms with Crippen LogP contribution in [-0.2, 0) is 16.1 Å². The molecule has 0 spiro atoms. The fourth-order valence-corrected chi connectivity index (χ4v) is 3.35. The number of rotatable bonds is 8. The second kappa shape index (κ2) is 10.6. The van der Waals surface area contributed by atoms with E-state index in [-0.39, 0.29) is 25.0 Å². The summed E-state index contributed by atoms with van der Waals surface area (Å²) in [5.41, 5.74) is 0.685. The van der Waals surface area contributed by atoms with Crippen molar-refractivity contribution in [1.29, 1.82) is 0 Å². The Morgan fingerprint density at radius 2 is 1.82 bits per heavy atom. The van der Waals surface area contributed by atoms with E-state index in [2.05, 4.69) is 5.32 Å². The second-order valence-corrected chi connectivity index (χ2v) is 7.32. The quantitative estimate of drug-likeness (QED) is 0.650. The third kappa shape index (κ3) is 6.03. The number of hydrogen-bond acceptors (Lipinski definition) is 3. The average Bonchev–Trinajstić information content (AvgIpc) is 2.67. The molecule has 1 unspecified atom stereocenters. The first-order valence-electron chi connectivity index (χ1n) is 8.69. The molecule has 0 fully saturated rings. The first kappa shape index (κ1) is 22.3. The monoisotopic (exact) mass is 442 g/mol. The van der Waals surface area contributed by atoms with E-state index >= 15 is 0 Å². The number of halogens is 3. The number of ether oxygens (including phenoxy) is 1. The third-order valence-corrected chi connectivity index (χ3v) is 4.97. The Bertz CT molecular complexity index is 845. The highest BCUT2D eigenvalue weighted by Crippen LogP contribution is 2.24. The summed E-state index contributed by atoms with van der Waals surface area (Å²) < 4.78 is 5.56. The maximum atomic E-state index is 12.9. The Hall–Kier alpha value is -1.95. The van der Waals surface area contributed by atoms with Crippen molar-refractivity contribution in [1.82, 2.24) is 10.2 Å². The minimum atomic E-state index is -0.660. The number of nitrogens with zero attached hydrogens (tertiary/aromatic N) is 1. The van der Waals surface area contributed by atoms with E-state index in [1.807, 2.05) is 6.92 Å². The number of amides is 2. The third-order valence-electron chi connectivity index (χ3n) is 4.15. The molecule has 150 valence electrons. The number of likely N-dealkylation sites (N-methyl/N-ethyl adjacent to an activating group) is 1. The molecule has 0 radical (unpaired) electrons. The zero-order valence-corrected chi connectivity index (χ0v) is 17.8. The van der Waals surface area contributed by atoms with E-state index in [1.165, 1.54) is 11.9 Å². The zero-order chi connectivity index (χ0) is 20.7. The molecule has 0 bridgehead atoms. The van der Waals surface area contributed by atoms with E-state index in [9.17, 15) is 9.59 Å². The summed E-state index contributed by atoms with van der Waals surface area (Å²) >= 11 is 18.2. The van der Waals surface area contributed by atoms with Crippen LogP contribution in [0.5, 0.6) is 5.75 Å². The summed E-state index contributed by atoms with van der Waals surface area (Å²) in [5.74, 6) is -0.136. The molecule has 2 aromatic carbocycles. The molecule has 0 aromatic heterocycles. The van der Waals surface area contributed by atoms with E-state index < -0.39 is 6.04 Å². The highest BCUT2D eigenvalue weighted by atomic mass is 35.5. The van der Waals surface area contributed by atoms with E-state index in [1.54, 1.807) is 42.5 Å². The van der Waals surface area contributed by atoms with Crippen molar-refractivity contribution in [3.8, 4) is 5.75 Å². The standard InChI is InChI=1S/C20H21Cl3N2O3/c1-3-18(20(27)24-2)25(11-13-7-8-15(22)10-17(13)23)19(26)12-28-16-6-4-5-14(21)9-16/h4-10,18H,3,11-12H2,1-2H3,(H,24,27). The van der Waals surface area contributed by atoms with Gasteiger partial charge in [0.2, 0.25) is 5.91 Å². The van der Waals surface area contributed by atoms with Crippen molar-refractivity contribution in [3.05, 3.63) is 63.1 Å². The number of carbonyl (C=O) groups excluding carboxylic acids is 2. The molecule has 0 aliphatic heterocycles. The van der Waals surface area contributed by atoms with Gasteiger partial charge in [0.15, 0.2) is 6.61 Å². The van der Waals surface area contributed by atoms with Crippen molar-refractivity contribution in [2.24, 2.45) is 0 Å². The maximum Gasteiger partial charge on any atom is 0.261 e. The summed E-state index contributed by atoms with van der Waals surface area (Å²) in [7, 11) is 1.53. The molecule has 28 heavy (non-hydrogen) atoms. The van der Waals surface area contributed by atoms with Crippen LogP contribution >= 0.6 is 34.8 Å². The molecule has 0 saturated heterocycles. The van der Waals surface area contributed by atoms with Crippen LogP contribution in [0.1, 0.15) is 18.9 Å². The second-order valence-electron chi connectivity index (χ2n) is 6.04. The molecule has 0 aliphatic rings. The number of nitrogens with one attached hydrogen (secondary N) is 1. The van der Waals surface area contributed by atoms with Crippen LogP contribution in [0.3, 0.4) is 0 Å². The molecule has 1 atom stereocenters. The molecule has 0 saturated carbocycles. The molecule has 1 N–H and O–H groups in total. The molecule has 2 aromatic rings. The minimum absolute atomic E-state index is 0.152. The zero-order valence-electron chi connectivity index (χ0n) is 15.5. The highest BCUT2D eigenvalue weighted by molar-refractivity contribution is 6.35. The van der Waals surface area contributed by atoms with Crippen LogP contribution < -0.4 is 10.1 Å². The normalized spacial score (nSPS) is 11.6. The van der Waals surface area contributed by atoms with Crippen LogP contribution in [0.25, 0.3) is 0 Å². The fourth-order valence-electron chi connectivity index (χ4n) is 2.70. The lowest BCUT2D eigenvalue weighted by Crippen LogP contribution is -2.49. The highest BCUT2D eigenvalue weighted by Gasteiger charge is 2.28. The van der Waals surface area contributed by atoms with E-state index in [0.29, 0.717) is 32.8 Å². The van der Waals surface area contributed by atoms with Gasteiger partial charge in [0.05, 0.1) is 0 Å². The molecule has 8 heteroatoms. The topological polar surface area (TPSA) is 58.6 Å². The van der Waals surface area contributed by atoms with Gasteiger partial charge >= 0.3 is 0 Å². The summed E-state index contributed by atoms with van der Waals surface area (Å²) in [4.78, 5) is 26.7. The van der Waals surface area contributed by atoms with Gasteiger partial charge in [-0.25, -0.2) is 0 Å². The smallest absolute Gasteiger partial charge is 0.261 e. The predicted octanol–water partition coefficient (Wildman–Crippen LogP) is 4.58. The first-order valence-corrected chi connectivity index (χ1v) is 9.82. The summed E-state index contributed by atoms with van der Waals surface area (Å²) in [5, 5.41) is 4.02. The molecule has 0 heterocycles. The van der Waals surface area contributed by atoms with Crippen molar-refractivity contribution in [2.75, 3.05) is 13.7 Å². The van der Waals surface area contributed by atoms with Gasteiger partial charge in [-0.05, 0) is 42.3 Å². The van der Waals surface area contributed by atoms with E-state index in [4.69, 9.17) is 39.5 Å². The number of benzene rings is 2. The van der Waals surface area contributed by atoms with Gasteiger partial charge in [-0.15, -0.1) is 0 Å². The predicted molar refractivity (Wildman–Crippen MR) is 112 cm³/mol. The van der Waals surface area contributed by atoms with Crippen molar-refractivity contribution >= 4 is 46.6 Å². The van der Waals surface area contributed by atoms with Gasteiger partial charge in [0.25, 0.3) is 5.91 Å². The number of hydrogen-bond donors (Lipinski definition) is 1. The lowest BCUT2D eigenvalue weighted by molar-refractivity contribution is -0.142. The molecule has 2 amide bonds. The van der Waals surface area contributed by atoms with Gasteiger partial charge < -0.3 is 15.0 Å².